The van der Waals surface area contributed by atoms with Crippen molar-refractivity contribution in [2.24, 2.45) is 0 Å². The van der Waals surface area contributed by atoms with Crippen molar-refractivity contribution in [3.05, 3.63) is 164 Å². The molecular formula is C43H27N. The Morgan fingerprint density at radius 1 is 0.341 bits per heavy atom. The van der Waals surface area contributed by atoms with E-state index in [2.05, 4.69) is 164 Å². The molecule has 204 valence electrons. The van der Waals surface area contributed by atoms with Gasteiger partial charge in [-0.2, -0.15) is 0 Å². The lowest BCUT2D eigenvalue weighted by molar-refractivity contribution is 1.45. The lowest BCUT2D eigenvalue weighted by Crippen LogP contribution is -1.94. The number of hydrogen-bond acceptors (Lipinski definition) is 1. The Labute approximate surface area is 255 Å². The van der Waals surface area contributed by atoms with Gasteiger partial charge in [-0.1, -0.05) is 146 Å². The van der Waals surface area contributed by atoms with E-state index in [1.807, 2.05) is 0 Å². The first kappa shape index (κ1) is 24.8. The summed E-state index contributed by atoms with van der Waals surface area (Å²) in [7, 11) is 0. The number of nitrogens with zero attached hydrogens (tertiary/aromatic N) is 1. The summed E-state index contributed by atoms with van der Waals surface area (Å²) in [6, 6.07) is 57.1. The predicted molar refractivity (Wildman–Crippen MR) is 188 cm³/mol. The van der Waals surface area contributed by atoms with Crippen molar-refractivity contribution in [1.82, 2.24) is 4.98 Å². The zero-order valence-electron chi connectivity index (χ0n) is 24.0. The zero-order valence-corrected chi connectivity index (χ0v) is 24.0. The molecule has 8 aromatic carbocycles. The first-order chi connectivity index (χ1) is 21.8. The molecule has 0 radical (unpaired) electrons. The van der Waals surface area contributed by atoms with Crippen LogP contribution in [0.5, 0.6) is 0 Å². The fraction of sp³-hybridized carbons (Fsp3) is 0. The normalized spacial score (nSPS) is 11.6. The molecule has 9 aromatic rings. The quantitative estimate of drug-likeness (QED) is 0.155. The Balaban J connectivity index is 1.43. The molecule has 0 bridgehead atoms. The van der Waals surface area contributed by atoms with Crippen molar-refractivity contribution in [3.8, 4) is 33.4 Å². The topological polar surface area (TPSA) is 12.9 Å². The molecule has 0 fully saturated rings. The highest BCUT2D eigenvalue weighted by Crippen LogP contribution is 2.47. The largest absolute Gasteiger partial charge is 0.256 e. The van der Waals surface area contributed by atoms with Crippen LogP contribution in [0, 0.1) is 0 Å². The first-order valence-corrected chi connectivity index (χ1v) is 15.1. The Kier molecular flexibility index (Phi) is 5.57. The molecule has 0 aliphatic rings. The van der Waals surface area contributed by atoms with E-state index in [-0.39, 0.29) is 0 Å². The van der Waals surface area contributed by atoms with Gasteiger partial charge in [0.05, 0.1) is 5.52 Å². The molecule has 9 rings (SSSR count). The van der Waals surface area contributed by atoms with Gasteiger partial charge in [-0.05, 0) is 77.8 Å². The summed E-state index contributed by atoms with van der Waals surface area (Å²) in [6.45, 7) is 0. The van der Waals surface area contributed by atoms with Crippen LogP contribution in [0.15, 0.2) is 164 Å². The van der Waals surface area contributed by atoms with Gasteiger partial charge in [-0.3, -0.25) is 4.98 Å². The monoisotopic (exact) mass is 557 g/mol. The predicted octanol–water partition coefficient (Wildman–Crippen LogP) is 11.8. The number of pyridine rings is 1. The molecule has 0 spiro atoms. The van der Waals surface area contributed by atoms with E-state index in [0.717, 1.165) is 5.52 Å². The number of benzene rings is 8. The third-order valence-corrected chi connectivity index (χ3v) is 9.07. The number of para-hydroxylation sites is 1. The molecule has 1 heterocycles. The Morgan fingerprint density at radius 2 is 0.864 bits per heavy atom. The number of hydrogen-bond donors (Lipinski definition) is 0. The number of rotatable bonds is 3. The summed E-state index contributed by atoms with van der Waals surface area (Å²) >= 11 is 0. The molecule has 44 heavy (non-hydrogen) atoms. The van der Waals surface area contributed by atoms with Crippen LogP contribution >= 0.6 is 0 Å². The van der Waals surface area contributed by atoms with Gasteiger partial charge >= 0.3 is 0 Å². The second kappa shape index (κ2) is 9.90. The second-order valence-corrected chi connectivity index (χ2v) is 11.5. The summed E-state index contributed by atoms with van der Waals surface area (Å²) in [5, 5.41) is 11.1. The molecule has 0 aliphatic carbocycles. The SMILES string of the molecule is c1cc(-c2cccc3ccccc23)cc(-c2c3ccccc3c(-c3cccc4ccccc34)c3c2cnc2ccccc23)c1. The summed E-state index contributed by atoms with van der Waals surface area (Å²) in [5.41, 5.74) is 8.39. The standard InChI is InChI=1S/C43H27N/c1-3-18-32-28(12-1)14-10-23-34(32)30-16-9-17-31(26-30)41-36-20-5-6-21-37(36)42(35-24-11-15-29-13-2-4-19-33(29)35)43-38-22-7-8-25-40(38)44-27-39(41)43/h1-27H. The molecule has 0 atom stereocenters. The van der Waals surface area contributed by atoms with Crippen LogP contribution in [0.3, 0.4) is 0 Å². The van der Waals surface area contributed by atoms with Crippen LogP contribution in [0.25, 0.3) is 87.4 Å². The highest BCUT2D eigenvalue weighted by molar-refractivity contribution is 6.28. The maximum absolute atomic E-state index is 5.02. The summed E-state index contributed by atoms with van der Waals surface area (Å²) in [5.74, 6) is 0. The van der Waals surface area contributed by atoms with E-state index in [1.54, 1.807) is 0 Å². The fourth-order valence-electron chi connectivity index (χ4n) is 7.15. The van der Waals surface area contributed by atoms with E-state index in [0.29, 0.717) is 0 Å². The van der Waals surface area contributed by atoms with Gasteiger partial charge in [0.2, 0.25) is 0 Å². The van der Waals surface area contributed by atoms with Crippen molar-refractivity contribution < 1.29 is 0 Å². The fourth-order valence-corrected chi connectivity index (χ4v) is 7.15. The Bertz CT molecular complexity index is 2550. The van der Waals surface area contributed by atoms with Gasteiger partial charge in [-0.15, -0.1) is 0 Å². The third-order valence-electron chi connectivity index (χ3n) is 9.07. The van der Waals surface area contributed by atoms with E-state index in [1.165, 1.54) is 81.9 Å². The molecule has 0 N–H and O–H groups in total. The van der Waals surface area contributed by atoms with Gasteiger partial charge in [0.15, 0.2) is 0 Å². The van der Waals surface area contributed by atoms with E-state index >= 15 is 0 Å². The van der Waals surface area contributed by atoms with Gasteiger partial charge in [0, 0.05) is 22.4 Å². The van der Waals surface area contributed by atoms with Crippen molar-refractivity contribution >= 4 is 54.0 Å². The maximum Gasteiger partial charge on any atom is 0.0708 e. The van der Waals surface area contributed by atoms with Crippen molar-refractivity contribution in [1.29, 1.82) is 0 Å². The van der Waals surface area contributed by atoms with E-state index in [4.69, 9.17) is 4.98 Å². The van der Waals surface area contributed by atoms with E-state index in [9.17, 15) is 0 Å². The van der Waals surface area contributed by atoms with Crippen LogP contribution in [0.2, 0.25) is 0 Å². The molecule has 0 saturated carbocycles. The van der Waals surface area contributed by atoms with Crippen molar-refractivity contribution in [3.63, 3.8) is 0 Å². The summed E-state index contributed by atoms with van der Waals surface area (Å²) in [6.07, 6.45) is 2.10. The first-order valence-electron chi connectivity index (χ1n) is 15.1. The summed E-state index contributed by atoms with van der Waals surface area (Å²) < 4.78 is 0. The van der Waals surface area contributed by atoms with Crippen LogP contribution in [-0.2, 0) is 0 Å². The molecule has 0 aliphatic heterocycles. The highest BCUT2D eigenvalue weighted by Gasteiger charge is 2.20. The molecular weight excluding hydrogens is 530 g/mol. The average molecular weight is 558 g/mol. The zero-order chi connectivity index (χ0) is 29.0. The van der Waals surface area contributed by atoms with Gasteiger partial charge < -0.3 is 0 Å². The number of aromatic nitrogens is 1. The molecule has 1 heteroatoms. The molecule has 0 saturated heterocycles. The smallest absolute Gasteiger partial charge is 0.0708 e. The highest BCUT2D eigenvalue weighted by atomic mass is 14.7. The van der Waals surface area contributed by atoms with Crippen LogP contribution in [-0.4, -0.2) is 4.98 Å². The minimum Gasteiger partial charge on any atom is -0.256 e. The molecule has 0 unspecified atom stereocenters. The van der Waals surface area contributed by atoms with Crippen LogP contribution in [0.4, 0.5) is 0 Å². The molecule has 1 aromatic heterocycles. The minimum absolute atomic E-state index is 1.01. The van der Waals surface area contributed by atoms with Gasteiger partial charge in [-0.25, -0.2) is 0 Å². The third kappa shape index (κ3) is 3.76. The van der Waals surface area contributed by atoms with Crippen LogP contribution in [0.1, 0.15) is 0 Å². The van der Waals surface area contributed by atoms with Gasteiger partial charge in [0.1, 0.15) is 0 Å². The molecule has 1 nitrogen and oxygen atoms in total. The lowest BCUT2D eigenvalue weighted by atomic mass is 9.83. The Morgan fingerprint density at radius 3 is 1.61 bits per heavy atom. The van der Waals surface area contributed by atoms with Crippen molar-refractivity contribution in [2.75, 3.05) is 0 Å². The average Bonchev–Trinajstić information content (AvgIpc) is 3.10. The minimum atomic E-state index is 1.01. The van der Waals surface area contributed by atoms with E-state index < -0.39 is 0 Å². The maximum atomic E-state index is 5.02. The van der Waals surface area contributed by atoms with Gasteiger partial charge in [0.25, 0.3) is 0 Å². The van der Waals surface area contributed by atoms with Crippen LogP contribution < -0.4 is 0 Å². The lowest BCUT2D eigenvalue weighted by Gasteiger charge is -2.20. The van der Waals surface area contributed by atoms with Crippen molar-refractivity contribution in [2.45, 2.75) is 0 Å². The molecule has 0 amide bonds. The number of fused-ring (bicyclic) bond motifs is 6. The Hall–Kier alpha value is -5.79. The second-order valence-electron chi connectivity index (χ2n) is 11.5. The summed E-state index contributed by atoms with van der Waals surface area (Å²) in [4.78, 5) is 5.02.